The van der Waals surface area contributed by atoms with Gasteiger partial charge in [0.1, 0.15) is 6.29 Å². The highest BCUT2D eigenvalue weighted by molar-refractivity contribution is 8.25. The van der Waals surface area contributed by atoms with Gasteiger partial charge in [0.2, 0.25) is 0 Å². The molecule has 0 aromatic heterocycles. The van der Waals surface area contributed by atoms with E-state index in [0.717, 1.165) is 6.07 Å². The number of aldehydes is 1. The number of benzene rings is 1. The molecule has 0 saturated carbocycles. The van der Waals surface area contributed by atoms with Crippen LogP contribution in [0.3, 0.4) is 0 Å². The van der Waals surface area contributed by atoms with Crippen LogP contribution in [0.25, 0.3) is 0 Å². The monoisotopic (exact) mass is 232 g/mol. The van der Waals surface area contributed by atoms with Crippen LogP contribution in [0.4, 0.5) is 0 Å². The van der Waals surface area contributed by atoms with Gasteiger partial charge < -0.3 is 0 Å². The number of hydrogen-bond acceptors (Lipinski definition) is 4. The van der Waals surface area contributed by atoms with Crippen LogP contribution in [0, 0.1) is 0 Å². The average molecular weight is 233 g/mol. The summed E-state index contributed by atoms with van der Waals surface area (Å²) in [4.78, 5) is 21.4. The summed E-state index contributed by atoms with van der Waals surface area (Å²) in [5, 5.41) is -1.21. The number of carbonyl (C=O) groups is 2. The molecule has 0 amide bonds. The van der Waals surface area contributed by atoms with Crippen molar-refractivity contribution in [3.05, 3.63) is 35.4 Å². The van der Waals surface area contributed by atoms with Crippen LogP contribution in [-0.2, 0) is 9.05 Å². The zero-order valence-electron chi connectivity index (χ0n) is 6.81. The van der Waals surface area contributed by atoms with Crippen molar-refractivity contribution in [2.45, 2.75) is 0 Å². The Morgan fingerprint density at radius 2 is 2.00 bits per heavy atom. The second-order valence-electron chi connectivity index (χ2n) is 2.47. The molecule has 14 heavy (non-hydrogen) atoms. The maximum Gasteiger partial charge on any atom is 0.299 e. The van der Waals surface area contributed by atoms with Crippen LogP contribution in [0.5, 0.6) is 0 Å². The van der Waals surface area contributed by atoms with Gasteiger partial charge in [-0.25, -0.2) is 8.42 Å². The van der Waals surface area contributed by atoms with Crippen molar-refractivity contribution in [2.75, 3.05) is 0 Å². The highest BCUT2D eigenvalue weighted by Gasteiger charge is 2.20. The van der Waals surface area contributed by atoms with Crippen molar-refractivity contribution in [2.24, 2.45) is 0 Å². The molecule has 6 heteroatoms. The first-order chi connectivity index (χ1) is 6.45. The highest BCUT2D eigenvalue weighted by atomic mass is 35.7. The first kappa shape index (κ1) is 10.9. The van der Waals surface area contributed by atoms with Crippen molar-refractivity contribution >= 4 is 31.1 Å². The topological polar surface area (TPSA) is 68.3 Å². The van der Waals surface area contributed by atoms with Crippen molar-refractivity contribution in [3.63, 3.8) is 0 Å². The molecule has 1 aromatic carbocycles. The third-order valence-corrected chi connectivity index (χ3v) is 2.58. The minimum absolute atomic E-state index is 0.121. The van der Waals surface area contributed by atoms with E-state index in [4.69, 9.17) is 10.7 Å². The van der Waals surface area contributed by atoms with E-state index in [1.165, 1.54) is 18.2 Å². The zero-order valence-corrected chi connectivity index (χ0v) is 8.38. The van der Waals surface area contributed by atoms with Crippen LogP contribution in [0.2, 0.25) is 0 Å². The molecule has 0 heterocycles. The quantitative estimate of drug-likeness (QED) is 0.568. The van der Waals surface area contributed by atoms with Crippen LogP contribution >= 0.6 is 10.7 Å². The molecule has 0 radical (unpaired) electrons. The van der Waals surface area contributed by atoms with Gasteiger partial charge in [0.05, 0.1) is 0 Å². The SMILES string of the molecule is O=Cc1cccc(C(=O)S(=O)(=O)Cl)c1. The molecule has 0 bridgehead atoms. The average Bonchev–Trinajstić information content (AvgIpc) is 2.15. The summed E-state index contributed by atoms with van der Waals surface area (Å²) in [6, 6.07) is 5.29. The fourth-order valence-corrected chi connectivity index (χ4v) is 1.56. The van der Waals surface area contributed by atoms with E-state index in [1.807, 2.05) is 0 Å². The fraction of sp³-hybridized carbons (Fsp3) is 0. The Bertz CT molecular complexity index is 478. The predicted molar refractivity (Wildman–Crippen MR) is 50.9 cm³/mol. The molecule has 0 saturated heterocycles. The maximum atomic E-state index is 11.1. The summed E-state index contributed by atoms with van der Waals surface area (Å²) < 4.78 is 21.3. The smallest absolute Gasteiger partial charge is 0.298 e. The minimum Gasteiger partial charge on any atom is -0.298 e. The lowest BCUT2D eigenvalue weighted by molar-refractivity contribution is 0.107. The Balaban J connectivity index is 3.21. The Morgan fingerprint density at radius 3 is 2.50 bits per heavy atom. The van der Waals surface area contributed by atoms with Crippen LogP contribution in [0.15, 0.2) is 24.3 Å². The molecular weight excluding hydrogens is 228 g/mol. The molecule has 0 atom stereocenters. The normalized spacial score (nSPS) is 10.9. The molecule has 1 aromatic rings. The minimum atomic E-state index is -4.26. The lowest BCUT2D eigenvalue weighted by Crippen LogP contribution is -2.08. The number of hydrogen-bond donors (Lipinski definition) is 0. The lowest BCUT2D eigenvalue weighted by atomic mass is 10.1. The van der Waals surface area contributed by atoms with Gasteiger partial charge in [-0.05, 0) is 6.07 Å². The summed E-state index contributed by atoms with van der Waals surface area (Å²) in [5.74, 6) is 0. The summed E-state index contributed by atoms with van der Waals surface area (Å²) >= 11 is 0. The molecule has 0 aliphatic heterocycles. The fourth-order valence-electron chi connectivity index (χ4n) is 0.880. The maximum absolute atomic E-state index is 11.1. The third kappa shape index (κ3) is 2.40. The van der Waals surface area contributed by atoms with E-state index >= 15 is 0 Å². The molecule has 74 valence electrons. The van der Waals surface area contributed by atoms with E-state index < -0.39 is 14.2 Å². The van der Waals surface area contributed by atoms with Gasteiger partial charge in [-0.1, -0.05) is 18.2 Å². The molecule has 0 spiro atoms. The molecule has 0 aliphatic rings. The van der Waals surface area contributed by atoms with Crippen molar-refractivity contribution in [1.29, 1.82) is 0 Å². The van der Waals surface area contributed by atoms with Crippen LogP contribution in [0.1, 0.15) is 20.7 Å². The van der Waals surface area contributed by atoms with E-state index in [-0.39, 0.29) is 11.1 Å². The number of halogens is 1. The molecule has 0 N–H and O–H groups in total. The molecule has 4 nitrogen and oxygen atoms in total. The summed E-state index contributed by atoms with van der Waals surface area (Å²) in [7, 11) is 0.585. The number of rotatable bonds is 2. The summed E-state index contributed by atoms with van der Waals surface area (Å²) in [6.45, 7) is 0. The first-order valence-electron chi connectivity index (χ1n) is 3.49. The second-order valence-corrected chi connectivity index (χ2v) is 4.93. The summed E-state index contributed by atoms with van der Waals surface area (Å²) in [6.07, 6.45) is 0.512. The van der Waals surface area contributed by atoms with E-state index in [9.17, 15) is 18.0 Å². The van der Waals surface area contributed by atoms with Gasteiger partial charge in [0, 0.05) is 21.8 Å². The van der Waals surface area contributed by atoms with Crippen molar-refractivity contribution < 1.29 is 18.0 Å². The van der Waals surface area contributed by atoms with Crippen molar-refractivity contribution in [1.82, 2.24) is 0 Å². The van der Waals surface area contributed by atoms with Gasteiger partial charge in [-0.2, -0.15) is 0 Å². The highest BCUT2D eigenvalue weighted by Crippen LogP contribution is 2.11. The van der Waals surface area contributed by atoms with Gasteiger partial charge in [-0.15, -0.1) is 0 Å². The lowest BCUT2D eigenvalue weighted by Gasteiger charge is -1.96. The Hall–Kier alpha value is -1.20. The second kappa shape index (κ2) is 3.89. The van der Waals surface area contributed by atoms with Crippen molar-refractivity contribution in [3.8, 4) is 0 Å². The molecule has 0 aliphatic carbocycles. The summed E-state index contributed by atoms with van der Waals surface area (Å²) in [5.41, 5.74) is 0.0979. The Labute approximate surface area is 84.9 Å². The van der Waals surface area contributed by atoms with Gasteiger partial charge >= 0.3 is 0 Å². The Morgan fingerprint density at radius 1 is 1.36 bits per heavy atom. The zero-order chi connectivity index (χ0) is 10.8. The largest absolute Gasteiger partial charge is 0.299 e. The van der Waals surface area contributed by atoms with Gasteiger partial charge in [0.15, 0.2) is 0 Å². The van der Waals surface area contributed by atoms with E-state index in [2.05, 4.69) is 0 Å². The molecule has 0 fully saturated rings. The molecular formula is C8H5ClO4S. The van der Waals surface area contributed by atoms with Crippen LogP contribution < -0.4 is 0 Å². The third-order valence-electron chi connectivity index (χ3n) is 1.48. The Kier molecular flexibility index (Phi) is 3.03. The van der Waals surface area contributed by atoms with Gasteiger partial charge in [0.25, 0.3) is 14.2 Å². The predicted octanol–water partition coefficient (Wildman–Crippen LogP) is 1.21. The van der Waals surface area contributed by atoms with E-state index in [0.29, 0.717) is 6.29 Å². The van der Waals surface area contributed by atoms with Crippen LogP contribution in [-0.4, -0.2) is 19.8 Å². The first-order valence-corrected chi connectivity index (χ1v) is 5.80. The number of carbonyl (C=O) groups excluding carboxylic acids is 2. The van der Waals surface area contributed by atoms with E-state index in [1.54, 1.807) is 0 Å². The molecule has 1 rings (SSSR count). The molecule has 0 unspecified atom stereocenters. The van der Waals surface area contributed by atoms with Gasteiger partial charge in [-0.3, -0.25) is 9.59 Å². The standard InChI is InChI=1S/C8H5ClO4S/c9-14(12,13)8(11)7-3-1-2-6(4-7)5-10/h1-5H.